The first-order valence-electron chi connectivity index (χ1n) is 8.49. The summed E-state index contributed by atoms with van der Waals surface area (Å²) in [5.74, 6) is -0.0540. The second-order valence-corrected chi connectivity index (χ2v) is 5.92. The number of nitriles is 1. The van der Waals surface area contributed by atoms with E-state index in [0.29, 0.717) is 6.61 Å². The van der Waals surface area contributed by atoms with Gasteiger partial charge in [-0.15, -0.1) is 0 Å². The molecular weight excluding hydrogens is 330 g/mol. The summed E-state index contributed by atoms with van der Waals surface area (Å²) in [5.41, 5.74) is 2.64. The van der Waals surface area contributed by atoms with Crippen molar-refractivity contribution in [1.82, 2.24) is 0 Å². The molecule has 0 aromatic heterocycles. The Morgan fingerprint density at radius 3 is 2.65 bits per heavy atom. The molecule has 1 aliphatic rings. The highest BCUT2D eigenvalue weighted by Gasteiger charge is 2.36. The van der Waals surface area contributed by atoms with Crippen LogP contribution in [0.1, 0.15) is 18.4 Å². The van der Waals surface area contributed by atoms with E-state index in [1.807, 2.05) is 53.4 Å². The number of ether oxygens (including phenoxy) is 2. The van der Waals surface area contributed by atoms with Crippen molar-refractivity contribution in [3.63, 3.8) is 0 Å². The average Bonchev–Trinajstić information content (AvgIpc) is 3.01. The minimum atomic E-state index is -0.470. The number of carbonyl (C=O) groups excluding carboxylic acids is 1. The maximum absolute atomic E-state index is 12.1. The Morgan fingerprint density at radius 1 is 1.27 bits per heavy atom. The van der Waals surface area contributed by atoms with E-state index in [0.717, 1.165) is 22.7 Å². The van der Waals surface area contributed by atoms with Crippen molar-refractivity contribution in [2.24, 2.45) is 0 Å². The largest absolute Gasteiger partial charge is 0.497 e. The lowest BCUT2D eigenvalue weighted by atomic mass is 9.96. The molecule has 0 spiro atoms. The molecular formula is C20H21N3O3. The van der Waals surface area contributed by atoms with Crippen LogP contribution in [-0.2, 0) is 9.53 Å². The van der Waals surface area contributed by atoms with Crippen LogP contribution in [0.3, 0.4) is 0 Å². The molecule has 2 atom stereocenters. The molecule has 0 aliphatic carbocycles. The van der Waals surface area contributed by atoms with Crippen molar-refractivity contribution in [1.29, 1.82) is 5.26 Å². The number of carbonyl (C=O) groups is 1. The van der Waals surface area contributed by atoms with E-state index in [-0.39, 0.29) is 18.7 Å². The molecule has 1 N–H and O–H groups in total. The molecule has 0 unspecified atom stereocenters. The van der Waals surface area contributed by atoms with Crippen LogP contribution in [-0.4, -0.2) is 32.4 Å². The molecule has 3 rings (SSSR count). The molecule has 0 saturated heterocycles. The lowest BCUT2D eigenvalue weighted by Gasteiger charge is -2.29. The van der Waals surface area contributed by atoms with Crippen molar-refractivity contribution < 1.29 is 14.3 Å². The monoisotopic (exact) mass is 351 g/mol. The van der Waals surface area contributed by atoms with Gasteiger partial charge in [0.1, 0.15) is 24.4 Å². The summed E-state index contributed by atoms with van der Waals surface area (Å²) < 4.78 is 10.3. The Balaban J connectivity index is 1.92. The highest BCUT2D eigenvalue weighted by molar-refractivity contribution is 5.83. The lowest BCUT2D eigenvalue weighted by Crippen LogP contribution is -2.43. The Bertz CT molecular complexity index is 814. The van der Waals surface area contributed by atoms with E-state index >= 15 is 0 Å². The van der Waals surface area contributed by atoms with E-state index < -0.39 is 5.92 Å². The quantitative estimate of drug-likeness (QED) is 0.806. The Labute approximate surface area is 152 Å². The van der Waals surface area contributed by atoms with Gasteiger partial charge in [0.05, 0.1) is 31.2 Å². The van der Waals surface area contributed by atoms with Crippen molar-refractivity contribution >= 4 is 17.3 Å². The smallest absolute Gasteiger partial charge is 0.325 e. The second-order valence-electron chi connectivity index (χ2n) is 5.92. The number of hydrogen-bond donors (Lipinski definition) is 1. The normalized spacial score (nSPS) is 16.2. The zero-order valence-corrected chi connectivity index (χ0v) is 14.8. The summed E-state index contributed by atoms with van der Waals surface area (Å²) in [6.45, 7) is 2.18. The molecule has 26 heavy (non-hydrogen) atoms. The summed E-state index contributed by atoms with van der Waals surface area (Å²) >= 11 is 0. The van der Waals surface area contributed by atoms with Crippen molar-refractivity contribution in [2.45, 2.75) is 19.0 Å². The third-order valence-corrected chi connectivity index (χ3v) is 4.39. The fraction of sp³-hybridized carbons (Fsp3) is 0.300. The molecule has 0 fully saturated rings. The summed E-state index contributed by atoms with van der Waals surface area (Å²) in [5, 5.41) is 13.2. The number of benzene rings is 2. The number of nitrogens with one attached hydrogen (secondary N) is 1. The minimum absolute atomic E-state index is 0.0802. The van der Waals surface area contributed by atoms with E-state index in [1.54, 1.807) is 14.0 Å². The fourth-order valence-corrected chi connectivity index (χ4v) is 3.16. The van der Waals surface area contributed by atoms with Gasteiger partial charge in [-0.25, -0.2) is 0 Å². The van der Waals surface area contributed by atoms with Crippen LogP contribution in [0.4, 0.5) is 11.4 Å². The Hall–Kier alpha value is -3.20. The number of hydrogen-bond acceptors (Lipinski definition) is 6. The maximum atomic E-state index is 12.1. The maximum Gasteiger partial charge on any atom is 0.325 e. The predicted octanol–water partition coefficient (Wildman–Crippen LogP) is 3.12. The average molecular weight is 351 g/mol. The van der Waals surface area contributed by atoms with E-state index in [4.69, 9.17) is 9.47 Å². The predicted molar refractivity (Wildman–Crippen MR) is 99.2 cm³/mol. The SMILES string of the molecule is CCOC(=O)CN1c2ccccc2N[C@@H]1[C@@H](C#N)c1ccc(OC)cc1. The van der Waals surface area contributed by atoms with Gasteiger partial charge in [0.25, 0.3) is 0 Å². The van der Waals surface area contributed by atoms with E-state index in [2.05, 4.69) is 11.4 Å². The number of para-hydroxylation sites is 2. The van der Waals surface area contributed by atoms with E-state index in [9.17, 15) is 10.1 Å². The van der Waals surface area contributed by atoms with Crippen LogP contribution in [0.15, 0.2) is 48.5 Å². The molecule has 2 aromatic carbocycles. The second kappa shape index (κ2) is 7.79. The third-order valence-electron chi connectivity index (χ3n) is 4.39. The molecule has 2 aromatic rings. The van der Waals surface area contributed by atoms with Crippen LogP contribution in [0, 0.1) is 11.3 Å². The van der Waals surface area contributed by atoms with Crippen molar-refractivity contribution in [3.05, 3.63) is 54.1 Å². The van der Waals surface area contributed by atoms with Gasteiger partial charge in [-0.1, -0.05) is 24.3 Å². The molecule has 6 nitrogen and oxygen atoms in total. The molecule has 1 aliphatic heterocycles. The molecule has 0 radical (unpaired) electrons. The third kappa shape index (κ3) is 3.42. The molecule has 0 bridgehead atoms. The van der Waals surface area contributed by atoms with Gasteiger partial charge in [0.15, 0.2) is 0 Å². The zero-order valence-electron chi connectivity index (χ0n) is 14.8. The van der Waals surface area contributed by atoms with Gasteiger partial charge < -0.3 is 19.7 Å². The standard InChI is InChI=1S/C20H21N3O3/c1-3-26-19(24)13-23-18-7-5-4-6-17(18)22-20(23)16(12-21)14-8-10-15(25-2)11-9-14/h4-11,16,20,22H,3,13H2,1-2H3/t16-,20-/m0/s1. The Morgan fingerprint density at radius 2 is 2.00 bits per heavy atom. The number of methoxy groups -OCH3 is 1. The zero-order chi connectivity index (χ0) is 18.5. The highest BCUT2D eigenvalue weighted by atomic mass is 16.5. The van der Waals surface area contributed by atoms with Crippen LogP contribution in [0.2, 0.25) is 0 Å². The van der Waals surface area contributed by atoms with Gasteiger partial charge >= 0.3 is 5.97 Å². The summed E-state index contributed by atoms with van der Waals surface area (Å²) in [7, 11) is 1.60. The van der Waals surface area contributed by atoms with Crippen LogP contribution < -0.4 is 15.0 Å². The molecule has 0 saturated carbocycles. The van der Waals surface area contributed by atoms with Crippen LogP contribution in [0.5, 0.6) is 5.75 Å². The van der Waals surface area contributed by atoms with Gasteiger partial charge in [-0.3, -0.25) is 4.79 Å². The van der Waals surface area contributed by atoms with Crippen molar-refractivity contribution in [3.8, 4) is 11.8 Å². The number of rotatable bonds is 6. The summed E-state index contributed by atoms with van der Waals surface area (Å²) in [6, 6.07) is 17.5. The molecule has 1 heterocycles. The van der Waals surface area contributed by atoms with Gasteiger partial charge in [0.2, 0.25) is 0 Å². The first-order chi connectivity index (χ1) is 12.7. The first kappa shape index (κ1) is 17.6. The van der Waals surface area contributed by atoms with Gasteiger partial charge in [-0.05, 0) is 36.8 Å². The first-order valence-corrected chi connectivity index (χ1v) is 8.49. The summed E-state index contributed by atoms with van der Waals surface area (Å²) in [4.78, 5) is 14.0. The lowest BCUT2D eigenvalue weighted by molar-refractivity contribution is -0.141. The van der Waals surface area contributed by atoms with Crippen LogP contribution >= 0.6 is 0 Å². The minimum Gasteiger partial charge on any atom is -0.497 e. The van der Waals surface area contributed by atoms with E-state index in [1.165, 1.54) is 0 Å². The number of fused-ring (bicyclic) bond motifs is 1. The van der Waals surface area contributed by atoms with Crippen molar-refractivity contribution in [2.75, 3.05) is 30.5 Å². The Kier molecular flexibility index (Phi) is 5.28. The summed E-state index contributed by atoms with van der Waals surface area (Å²) in [6.07, 6.45) is -0.366. The molecule has 134 valence electrons. The fourth-order valence-electron chi connectivity index (χ4n) is 3.16. The molecule has 0 amide bonds. The number of nitrogens with zero attached hydrogens (tertiary/aromatic N) is 2. The van der Waals surface area contributed by atoms with Crippen LogP contribution in [0.25, 0.3) is 0 Å². The van der Waals surface area contributed by atoms with Gasteiger partial charge in [-0.2, -0.15) is 5.26 Å². The topological polar surface area (TPSA) is 74.6 Å². The van der Waals surface area contributed by atoms with Gasteiger partial charge in [0, 0.05) is 0 Å². The number of esters is 1. The molecule has 6 heteroatoms. The highest BCUT2D eigenvalue weighted by Crippen LogP contribution is 2.39. The number of anilines is 2.